The maximum Gasteiger partial charge on any atom is 0.289 e. The van der Waals surface area contributed by atoms with Crippen LogP contribution in [0.3, 0.4) is 0 Å². The van der Waals surface area contributed by atoms with Gasteiger partial charge in [-0.25, -0.2) is 5.43 Å². The van der Waals surface area contributed by atoms with E-state index in [2.05, 4.69) is 20.7 Å². The molecular weight excluding hydrogens is 368 g/mol. The van der Waals surface area contributed by atoms with E-state index < -0.39 is 15.8 Å². The third-order valence-corrected chi connectivity index (χ3v) is 3.66. The summed E-state index contributed by atoms with van der Waals surface area (Å²) in [5.74, 6) is -0.567. The molecule has 2 aromatic carbocycles. The summed E-state index contributed by atoms with van der Waals surface area (Å²) in [4.78, 5) is 32.5. The molecule has 0 aliphatic rings. The molecule has 0 saturated carbocycles. The minimum absolute atomic E-state index is 0.0488. The molecule has 28 heavy (non-hydrogen) atoms. The van der Waals surface area contributed by atoms with E-state index in [1.165, 1.54) is 54.7 Å². The van der Waals surface area contributed by atoms with Gasteiger partial charge in [0.15, 0.2) is 0 Å². The fourth-order valence-electron chi connectivity index (χ4n) is 2.27. The number of nitro groups is 2. The summed E-state index contributed by atoms with van der Waals surface area (Å²) in [7, 11) is 0. The van der Waals surface area contributed by atoms with E-state index in [0.29, 0.717) is 16.8 Å². The molecule has 140 valence electrons. The third kappa shape index (κ3) is 4.22. The summed E-state index contributed by atoms with van der Waals surface area (Å²) in [6.45, 7) is 0. The van der Waals surface area contributed by atoms with E-state index in [9.17, 15) is 25.0 Å². The fraction of sp³-hybridized carbons (Fsp3) is 0. The molecule has 0 aliphatic heterocycles. The molecule has 11 nitrogen and oxygen atoms in total. The Bertz CT molecular complexity index is 1070. The van der Waals surface area contributed by atoms with Gasteiger partial charge in [0.1, 0.15) is 5.69 Å². The summed E-state index contributed by atoms with van der Waals surface area (Å²) < 4.78 is 0. The van der Waals surface area contributed by atoms with Gasteiger partial charge in [-0.1, -0.05) is 12.1 Å². The number of aromatic nitrogens is 2. The maximum atomic E-state index is 12.1. The SMILES string of the molecule is O=C(NN=Cc1ccc([N+](=O)[O-])cc1)c1cc(-c2cccc([N+](=O)[O-])c2)n[nH]1. The Labute approximate surface area is 157 Å². The van der Waals surface area contributed by atoms with Gasteiger partial charge in [0.2, 0.25) is 0 Å². The Morgan fingerprint density at radius 2 is 1.75 bits per heavy atom. The highest BCUT2D eigenvalue weighted by Crippen LogP contribution is 2.22. The Hall–Kier alpha value is -4.41. The van der Waals surface area contributed by atoms with Crippen molar-refractivity contribution in [3.8, 4) is 11.3 Å². The van der Waals surface area contributed by atoms with E-state index in [1.54, 1.807) is 6.07 Å². The van der Waals surface area contributed by atoms with Gasteiger partial charge in [-0.2, -0.15) is 10.2 Å². The molecule has 0 unspecified atom stereocenters. The molecule has 1 heterocycles. The number of H-pyrrole nitrogens is 1. The van der Waals surface area contributed by atoms with E-state index in [0.717, 1.165) is 0 Å². The lowest BCUT2D eigenvalue weighted by Gasteiger charge is -1.97. The van der Waals surface area contributed by atoms with E-state index in [-0.39, 0.29) is 17.1 Å². The topological polar surface area (TPSA) is 156 Å². The number of nitro benzene ring substituents is 2. The molecule has 2 N–H and O–H groups in total. The van der Waals surface area contributed by atoms with Crippen molar-refractivity contribution >= 4 is 23.5 Å². The van der Waals surface area contributed by atoms with Crippen molar-refractivity contribution < 1.29 is 14.6 Å². The zero-order valence-corrected chi connectivity index (χ0v) is 14.1. The normalized spacial score (nSPS) is 10.7. The molecule has 3 rings (SSSR count). The fourth-order valence-corrected chi connectivity index (χ4v) is 2.27. The van der Waals surface area contributed by atoms with Crippen LogP contribution < -0.4 is 5.43 Å². The van der Waals surface area contributed by atoms with Crippen molar-refractivity contribution in [3.05, 3.63) is 86.1 Å². The van der Waals surface area contributed by atoms with Crippen LogP contribution in [0.15, 0.2) is 59.7 Å². The summed E-state index contributed by atoms with van der Waals surface area (Å²) in [6.07, 6.45) is 1.33. The average molecular weight is 380 g/mol. The molecule has 0 radical (unpaired) electrons. The molecule has 0 atom stereocenters. The van der Waals surface area contributed by atoms with Crippen molar-refractivity contribution in [2.75, 3.05) is 0 Å². The van der Waals surface area contributed by atoms with Crippen molar-refractivity contribution in [1.82, 2.24) is 15.6 Å². The lowest BCUT2D eigenvalue weighted by Crippen LogP contribution is -2.17. The molecule has 11 heteroatoms. The highest BCUT2D eigenvalue weighted by molar-refractivity contribution is 5.94. The smallest absolute Gasteiger partial charge is 0.272 e. The van der Waals surface area contributed by atoms with Crippen LogP contribution >= 0.6 is 0 Å². The number of amides is 1. The summed E-state index contributed by atoms with van der Waals surface area (Å²) >= 11 is 0. The molecule has 0 aliphatic carbocycles. The first kappa shape index (κ1) is 18.4. The summed E-state index contributed by atoms with van der Waals surface area (Å²) in [6, 6.07) is 12.9. The van der Waals surface area contributed by atoms with Crippen LogP contribution in [0.25, 0.3) is 11.3 Å². The Kier molecular flexibility index (Phi) is 5.16. The predicted octanol–water partition coefficient (Wildman–Crippen LogP) is 2.66. The molecule has 0 spiro atoms. The second-order valence-electron chi connectivity index (χ2n) is 5.52. The first-order valence-corrected chi connectivity index (χ1v) is 7.82. The molecule has 3 aromatic rings. The van der Waals surface area contributed by atoms with Gasteiger partial charge in [-0.3, -0.25) is 30.1 Å². The second-order valence-corrected chi connectivity index (χ2v) is 5.52. The minimum atomic E-state index is -0.567. The summed E-state index contributed by atoms with van der Waals surface area (Å²) in [5, 5.41) is 31.7. The van der Waals surface area contributed by atoms with Crippen molar-refractivity contribution in [2.45, 2.75) is 0 Å². The van der Waals surface area contributed by atoms with E-state index in [1.807, 2.05) is 0 Å². The summed E-state index contributed by atoms with van der Waals surface area (Å²) in [5.41, 5.74) is 3.69. The highest BCUT2D eigenvalue weighted by atomic mass is 16.6. The number of non-ortho nitro benzene ring substituents is 2. The first-order valence-electron chi connectivity index (χ1n) is 7.82. The van der Waals surface area contributed by atoms with Crippen LogP contribution in [0.1, 0.15) is 16.1 Å². The van der Waals surface area contributed by atoms with Crippen LogP contribution in [0, 0.1) is 20.2 Å². The number of hydrogen-bond acceptors (Lipinski definition) is 7. The van der Waals surface area contributed by atoms with Gasteiger partial charge in [0.05, 0.1) is 21.8 Å². The van der Waals surface area contributed by atoms with Crippen molar-refractivity contribution in [1.29, 1.82) is 0 Å². The van der Waals surface area contributed by atoms with E-state index >= 15 is 0 Å². The number of carbonyl (C=O) groups is 1. The van der Waals surface area contributed by atoms with Gasteiger partial charge in [-0.15, -0.1) is 0 Å². The quantitative estimate of drug-likeness (QED) is 0.380. The van der Waals surface area contributed by atoms with Crippen LogP contribution in [0.5, 0.6) is 0 Å². The number of benzene rings is 2. The molecular formula is C17H12N6O5. The second kappa shape index (κ2) is 7.86. The average Bonchev–Trinajstić information content (AvgIpc) is 3.19. The number of hydrazone groups is 1. The Balaban J connectivity index is 1.66. The maximum absolute atomic E-state index is 12.1. The van der Waals surface area contributed by atoms with Crippen LogP contribution in [-0.2, 0) is 0 Å². The molecule has 1 aromatic heterocycles. The van der Waals surface area contributed by atoms with Crippen LogP contribution in [0.4, 0.5) is 11.4 Å². The first-order chi connectivity index (χ1) is 13.4. The Morgan fingerprint density at radius 1 is 1.04 bits per heavy atom. The number of aromatic amines is 1. The standard InChI is InChI=1S/C17H12N6O5/c24-17(21-18-10-11-4-6-13(7-5-11)22(25)26)16-9-15(19-20-16)12-2-1-3-14(8-12)23(27)28/h1-10H,(H,19,20)(H,21,24). The zero-order chi connectivity index (χ0) is 20.1. The van der Waals surface area contributed by atoms with Crippen molar-refractivity contribution in [3.63, 3.8) is 0 Å². The van der Waals surface area contributed by atoms with Gasteiger partial charge in [0.25, 0.3) is 17.3 Å². The number of carbonyl (C=O) groups excluding carboxylic acids is 1. The van der Waals surface area contributed by atoms with Gasteiger partial charge < -0.3 is 0 Å². The van der Waals surface area contributed by atoms with Gasteiger partial charge in [-0.05, 0) is 23.8 Å². The largest absolute Gasteiger partial charge is 0.289 e. The van der Waals surface area contributed by atoms with Crippen molar-refractivity contribution in [2.24, 2.45) is 5.10 Å². The van der Waals surface area contributed by atoms with Crippen LogP contribution in [0.2, 0.25) is 0 Å². The molecule has 0 bridgehead atoms. The number of rotatable bonds is 6. The Morgan fingerprint density at radius 3 is 2.43 bits per heavy atom. The number of nitrogens with one attached hydrogen (secondary N) is 2. The number of nitrogens with zero attached hydrogens (tertiary/aromatic N) is 4. The zero-order valence-electron chi connectivity index (χ0n) is 14.1. The number of hydrogen-bond donors (Lipinski definition) is 2. The lowest BCUT2D eigenvalue weighted by atomic mass is 10.1. The minimum Gasteiger partial charge on any atom is -0.272 e. The predicted molar refractivity (Wildman–Crippen MR) is 98.8 cm³/mol. The van der Waals surface area contributed by atoms with E-state index in [4.69, 9.17) is 0 Å². The lowest BCUT2D eigenvalue weighted by molar-refractivity contribution is -0.385. The molecule has 0 saturated heterocycles. The third-order valence-electron chi connectivity index (χ3n) is 3.66. The molecule has 0 fully saturated rings. The monoisotopic (exact) mass is 380 g/mol. The van der Waals surface area contributed by atoms with Gasteiger partial charge >= 0.3 is 0 Å². The highest BCUT2D eigenvalue weighted by Gasteiger charge is 2.13. The van der Waals surface area contributed by atoms with Gasteiger partial charge in [0, 0.05) is 29.8 Å². The molecule has 1 amide bonds. The van der Waals surface area contributed by atoms with Crippen LogP contribution in [-0.4, -0.2) is 32.2 Å².